The summed E-state index contributed by atoms with van der Waals surface area (Å²) < 4.78 is 0. The molecule has 0 aromatic heterocycles. The van der Waals surface area contributed by atoms with Crippen LogP contribution in [0.5, 0.6) is 0 Å². The molecule has 0 amide bonds. The first-order chi connectivity index (χ1) is 9.26. The average molecular weight is 266 g/mol. The van der Waals surface area contributed by atoms with E-state index in [1.807, 2.05) is 0 Å². The minimum atomic E-state index is 0.715. The number of rotatable bonds is 4. The Morgan fingerprint density at radius 3 is 2.68 bits per heavy atom. The maximum absolute atomic E-state index is 3.79. The number of hydrogen-bond donors (Lipinski definition) is 1. The first kappa shape index (κ1) is 15.3. The van der Waals surface area contributed by atoms with Crippen LogP contribution >= 0.6 is 0 Å². The van der Waals surface area contributed by atoms with E-state index in [0.717, 1.165) is 17.9 Å². The van der Waals surface area contributed by atoms with Gasteiger partial charge < -0.3 is 5.32 Å². The zero-order chi connectivity index (χ0) is 13.7. The fourth-order valence-electron chi connectivity index (χ4n) is 4.09. The van der Waals surface area contributed by atoms with E-state index in [2.05, 4.69) is 31.0 Å². The van der Waals surface area contributed by atoms with Crippen molar-refractivity contribution in [2.24, 2.45) is 11.8 Å². The molecule has 0 bridgehead atoms. The van der Waals surface area contributed by atoms with E-state index < -0.39 is 0 Å². The van der Waals surface area contributed by atoms with Gasteiger partial charge in [0.25, 0.3) is 0 Å². The average Bonchev–Trinajstić information content (AvgIpc) is 2.72. The molecule has 4 atom stereocenters. The van der Waals surface area contributed by atoms with E-state index in [1.54, 1.807) is 0 Å². The molecule has 0 radical (unpaired) electrons. The summed E-state index contributed by atoms with van der Waals surface area (Å²) in [4.78, 5) is 2.85. The van der Waals surface area contributed by atoms with Crippen molar-refractivity contribution in [1.82, 2.24) is 10.2 Å². The zero-order valence-corrected chi connectivity index (χ0v) is 13.3. The Kier molecular flexibility index (Phi) is 6.15. The second-order valence-electron chi connectivity index (χ2n) is 6.81. The summed E-state index contributed by atoms with van der Waals surface area (Å²) in [7, 11) is 0. The van der Waals surface area contributed by atoms with Gasteiger partial charge in [-0.3, -0.25) is 4.90 Å². The van der Waals surface area contributed by atoms with Gasteiger partial charge in [0, 0.05) is 18.6 Å². The normalized spacial score (nSPS) is 35.8. The van der Waals surface area contributed by atoms with E-state index in [9.17, 15) is 0 Å². The molecule has 19 heavy (non-hydrogen) atoms. The molecular formula is C17H34N2. The predicted molar refractivity (Wildman–Crippen MR) is 83.5 cm³/mol. The highest BCUT2D eigenvalue weighted by atomic mass is 15.2. The van der Waals surface area contributed by atoms with Crippen molar-refractivity contribution in [3.05, 3.63) is 0 Å². The molecule has 4 unspecified atom stereocenters. The molecule has 1 heterocycles. The van der Waals surface area contributed by atoms with E-state index in [4.69, 9.17) is 0 Å². The van der Waals surface area contributed by atoms with Crippen molar-refractivity contribution < 1.29 is 0 Å². The lowest BCUT2D eigenvalue weighted by Gasteiger charge is -2.41. The zero-order valence-electron chi connectivity index (χ0n) is 13.3. The standard InChI is InChI=1S/C17H34N2/c1-4-14(3)16-13-19(12-8-11-18-16)17-10-7-6-9-15(17)5-2/h14-18H,4-13H2,1-3H3. The van der Waals surface area contributed by atoms with Crippen LogP contribution in [0.2, 0.25) is 0 Å². The van der Waals surface area contributed by atoms with Gasteiger partial charge in [-0.25, -0.2) is 0 Å². The highest BCUT2D eigenvalue weighted by molar-refractivity contribution is 4.88. The molecule has 2 aliphatic rings. The molecule has 1 aliphatic heterocycles. The quantitative estimate of drug-likeness (QED) is 0.835. The van der Waals surface area contributed by atoms with Gasteiger partial charge in [-0.1, -0.05) is 46.5 Å². The maximum atomic E-state index is 3.79. The number of hydrogen-bond acceptors (Lipinski definition) is 2. The molecule has 2 nitrogen and oxygen atoms in total. The molecule has 2 rings (SSSR count). The van der Waals surface area contributed by atoms with Crippen LogP contribution in [0, 0.1) is 11.8 Å². The van der Waals surface area contributed by atoms with Crippen molar-refractivity contribution in [2.75, 3.05) is 19.6 Å². The van der Waals surface area contributed by atoms with Crippen LogP contribution in [0.15, 0.2) is 0 Å². The lowest BCUT2D eigenvalue weighted by Crippen LogP contribution is -2.48. The Hall–Kier alpha value is -0.0800. The molecule has 1 saturated heterocycles. The Labute approximate surface area is 120 Å². The van der Waals surface area contributed by atoms with E-state index in [0.29, 0.717) is 6.04 Å². The minimum Gasteiger partial charge on any atom is -0.312 e. The summed E-state index contributed by atoms with van der Waals surface area (Å²) in [6.07, 6.45) is 9.86. The first-order valence-electron chi connectivity index (χ1n) is 8.73. The Balaban J connectivity index is 2.00. The van der Waals surface area contributed by atoms with Crippen LogP contribution in [0.3, 0.4) is 0 Å². The van der Waals surface area contributed by atoms with Crippen LogP contribution in [-0.2, 0) is 0 Å². The van der Waals surface area contributed by atoms with E-state index in [1.165, 1.54) is 64.6 Å². The van der Waals surface area contributed by atoms with Gasteiger partial charge in [-0.15, -0.1) is 0 Å². The molecule has 0 spiro atoms. The second kappa shape index (κ2) is 7.64. The third kappa shape index (κ3) is 3.95. The third-order valence-corrected chi connectivity index (χ3v) is 5.65. The van der Waals surface area contributed by atoms with Crippen molar-refractivity contribution in [1.29, 1.82) is 0 Å². The van der Waals surface area contributed by atoms with Gasteiger partial charge in [0.1, 0.15) is 0 Å². The molecular weight excluding hydrogens is 232 g/mol. The molecule has 2 heteroatoms. The smallest absolute Gasteiger partial charge is 0.0220 e. The predicted octanol–water partition coefficient (Wildman–Crippen LogP) is 3.67. The van der Waals surface area contributed by atoms with Crippen LogP contribution in [0.25, 0.3) is 0 Å². The number of nitrogens with zero attached hydrogens (tertiary/aromatic N) is 1. The Morgan fingerprint density at radius 1 is 1.16 bits per heavy atom. The van der Waals surface area contributed by atoms with Gasteiger partial charge in [-0.2, -0.15) is 0 Å². The molecule has 0 aromatic rings. The summed E-state index contributed by atoms with van der Waals surface area (Å²) in [5, 5.41) is 3.79. The summed E-state index contributed by atoms with van der Waals surface area (Å²) in [6.45, 7) is 11.0. The Bertz CT molecular complexity index is 254. The SMILES string of the molecule is CCC(C)C1CN(C2CCCCC2CC)CCCN1. The van der Waals surface area contributed by atoms with Crippen LogP contribution in [0.1, 0.15) is 65.7 Å². The number of nitrogens with one attached hydrogen (secondary N) is 1. The van der Waals surface area contributed by atoms with Gasteiger partial charge in [-0.05, 0) is 44.2 Å². The van der Waals surface area contributed by atoms with Crippen molar-refractivity contribution in [2.45, 2.75) is 77.8 Å². The lowest BCUT2D eigenvalue weighted by atomic mass is 9.81. The van der Waals surface area contributed by atoms with Gasteiger partial charge in [0.15, 0.2) is 0 Å². The largest absolute Gasteiger partial charge is 0.312 e. The van der Waals surface area contributed by atoms with Crippen LogP contribution in [-0.4, -0.2) is 36.6 Å². The second-order valence-corrected chi connectivity index (χ2v) is 6.81. The highest BCUT2D eigenvalue weighted by Gasteiger charge is 2.32. The van der Waals surface area contributed by atoms with Gasteiger partial charge >= 0.3 is 0 Å². The summed E-state index contributed by atoms with van der Waals surface area (Å²) in [5.74, 6) is 1.77. The molecule has 1 saturated carbocycles. The lowest BCUT2D eigenvalue weighted by molar-refractivity contribution is 0.0929. The maximum Gasteiger partial charge on any atom is 0.0220 e. The highest BCUT2D eigenvalue weighted by Crippen LogP contribution is 2.31. The summed E-state index contributed by atoms with van der Waals surface area (Å²) >= 11 is 0. The fraction of sp³-hybridized carbons (Fsp3) is 1.00. The fourth-order valence-corrected chi connectivity index (χ4v) is 4.09. The molecule has 1 N–H and O–H groups in total. The molecule has 1 aliphatic carbocycles. The summed E-state index contributed by atoms with van der Waals surface area (Å²) in [5.41, 5.74) is 0. The van der Waals surface area contributed by atoms with Crippen molar-refractivity contribution >= 4 is 0 Å². The van der Waals surface area contributed by atoms with Crippen LogP contribution in [0.4, 0.5) is 0 Å². The Morgan fingerprint density at radius 2 is 1.95 bits per heavy atom. The third-order valence-electron chi connectivity index (χ3n) is 5.65. The van der Waals surface area contributed by atoms with Gasteiger partial charge in [0.2, 0.25) is 0 Å². The van der Waals surface area contributed by atoms with Crippen molar-refractivity contribution in [3.63, 3.8) is 0 Å². The van der Waals surface area contributed by atoms with E-state index in [-0.39, 0.29) is 0 Å². The van der Waals surface area contributed by atoms with Crippen LogP contribution < -0.4 is 5.32 Å². The monoisotopic (exact) mass is 266 g/mol. The molecule has 2 fully saturated rings. The van der Waals surface area contributed by atoms with Gasteiger partial charge in [0.05, 0.1) is 0 Å². The van der Waals surface area contributed by atoms with E-state index >= 15 is 0 Å². The first-order valence-corrected chi connectivity index (χ1v) is 8.73. The summed E-state index contributed by atoms with van der Waals surface area (Å²) in [6, 6.07) is 1.59. The minimum absolute atomic E-state index is 0.715. The molecule has 112 valence electrons. The molecule has 0 aromatic carbocycles. The van der Waals surface area contributed by atoms with Crippen molar-refractivity contribution in [3.8, 4) is 0 Å². The topological polar surface area (TPSA) is 15.3 Å².